The van der Waals surface area contributed by atoms with Crippen molar-refractivity contribution in [1.82, 2.24) is 19.4 Å². The summed E-state index contributed by atoms with van der Waals surface area (Å²) in [6.45, 7) is 0.0638. The molecule has 0 fully saturated rings. The molecule has 0 saturated carbocycles. The third kappa shape index (κ3) is 3.26. The van der Waals surface area contributed by atoms with Crippen LogP contribution in [0.25, 0.3) is 10.9 Å². The Bertz CT molecular complexity index is 1000. The zero-order valence-corrected chi connectivity index (χ0v) is 15.6. The van der Waals surface area contributed by atoms with Crippen LogP contribution in [0.2, 0.25) is 10.2 Å². The Kier molecular flexibility index (Phi) is 4.81. The van der Waals surface area contributed by atoms with E-state index in [9.17, 15) is 4.79 Å². The summed E-state index contributed by atoms with van der Waals surface area (Å²) in [5.74, 6) is 0.347. The fourth-order valence-corrected chi connectivity index (χ4v) is 3.38. The van der Waals surface area contributed by atoms with Gasteiger partial charge in [-0.3, -0.25) is 4.79 Å². The zero-order valence-electron chi connectivity index (χ0n) is 13.2. The first-order valence-electron chi connectivity index (χ1n) is 7.07. The zero-order chi connectivity index (χ0) is 18.1. The Labute approximate surface area is 157 Å². The van der Waals surface area contributed by atoms with Crippen LogP contribution < -0.4 is 5.32 Å². The summed E-state index contributed by atoms with van der Waals surface area (Å²) in [5.41, 5.74) is 0.680. The first-order valence-corrected chi connectivity index (χ1v) is 8.65. The maximum absolute atomic E-state index is 12.1. The summed E-state index contributed by atoms with van der Waals surface area (Å²) < 4.78 is 1.64. The Hall–Kier alpha value is -2.34. The van der Waals surface area contributed by atoms with E-state index in [-0.39, 0.29) is 17.6 Å². The molecule has 0 radical (unpaired) electrons. The smallest absolute Gasteiger partial charge is 0.242 e. The average molecular weight is 395 g/mol. The number of carbonyl (C=O) groups is 1. The molecule has 3 aromatic heterocycles. The predicted molar refractivity (Wildman–Crippen MR) is 98.6 cm³/mol. The third-order valence-electron chi connectivity index (χ3n) is 3.49. The number of nitrogens with zero attached hydrogens (tertiary/aromatic N) is 5. The standard InChI is InChI=1S/C15H12Cl2N6OS/c1-22(2)10(24)7-23-9-3-4-19-14(11(9)12(16)13(23)17)21-15-20-6-8(5-18)25-15/h3-4,6H,7H2,1-2H3,(H,19,20,21). The number of nitrogens with one attached hydrogen (secondary N) is 1. The fourth-order valence-electron chi connectivity index (χ4n) is 2.23. The van der Waals surface area contributed by atoms with Crippen LogP contribution in [0.15, 0.2) is 18.5 Å². The molecule has 0 aliphatic carbocycles. The lowest BCUT2D eigenvalue weighted by molar-refractivity contribution is -0.129. The first-order chi connectivity index (χ1) is 11.9. The summed E-state index contributed by atoms with van der Waals surface area (Å²) in [6.07, 6.45) is 3.06. The van der Waals surface area contributed by atoms with Gasteiger partial charge in [-0.1, -0.05) is 34.5 Å². The van der Waals surface area contributed by atoms with Gasteiger partial charge >= 0.3 is 0 Å². The minimum atomic E-state index is -0.111. The number of hydrogen-bond donors (Lipinski definition) is 1. The molecule has 0 aromatic carbocycles. The average Bonchev–Trinajstić information content (AvgIpc) is 3.14. The van der Waals surface area contributed by atoms with Crippen molar-refractivity contribution in [3.05, 3.63) is 33.5 Å². The molecular formula is C15H12Cl2N6OS. The molecule has 0 spiro atoms. The number of fused-ring (bicyclic) bond motifs is 1. The van der Waals surface area contributed by atoms with E-state index in [4.69, 9.17) is 28.5 Å². The van der Waals surface area contributed by atoms with E-state index in [0.717, 1.165) is 0 Å². The van der Waals surface area contributed by atoms with Crippen molar-refractivity contribution in [2.45, 2.75) is 6.54 Å². The van der Waals surface area contributed by atoms with Gasteiger partial charge in [0.05, 0.1) is 22.1 Å². The minimum Gasteiger partial charge on any atom is -0.347 e. The lowest BCUT2D eigenvalue weighted by Gasteiger charge is -2.12. The van der Waals surface area contributed by atoms with Gasteiger partial charge in [0.1, 0.15) is 28.5 Å². The molecular weight excluding hydrogens is 383 g/mol. The number of nitriles is 1. The second kappa shape index (κ2) is 6.88. The van der Waals surface area contributed by atoms with Gasteiger partial charge in [-0.15, -0.1) is 0 Å². The molecule has 0 unspecified atom stereocenters. The fraction of sp³-hybridized carbons (Fsp3) is 0.200. The molecule has 3 heterocycles. The van der Waals surface area contributed by atoms with Gasteiger partial charge in [0.15, 0.2) is 5.13 Å². The van der Waals surface area contributed by atoms with E-state index < -0.39 is 0 Å². The molecule has 3 rings (SSSR count). The van der Waals surface area contributed by atoms with Gasteiger partial charge in [0.25, 0.3) is 0 Å². The largest absolute Gasteiger partial charge is 0.347 e. The van der Waals surface area contributed by atoms with Crippen molar-refractivity contribution in [2.75, 3.05) is 19.4 Å². The summed E-state index contributed by atoms with van der Waals surface area (Å²) in [5, 5.41) is 13.6. The number of pyridine rings is 1. The van der Waals surface area contributed by atoms with Crippen LogP contribution in [-0.4, -0.2) is 39.4 Å². The van der Waals surface area contributed by atoms with Gasteiger partial charge in [-0.05, 0) is 6.07 Å². The highest BCUT2D eigenvalue weighted by atomic mass is 35.5. The van der Waals surface area contributed by atoms with Crippen LogP contribution in [0.1, 0.15) is 4.88 Å². The van der Waals surface area contributed by atoms with Crippen molar-refractivity contribution in [2.24, 2.45) is 0 Å². The lowest BCUT2D eigenvalue weighted by atomic mass is 10.3. The SMILES string of the molecule is CN(C)C(=O)Cn1c(Cl)c(Cl)c2c(Nc3ncc(C#N)s3)nccc21. The van der Waals surface area contributed by atoms with E-state index in [0.29, 0.717) is 31.8 Å². The highest BCUT2D eigenvalue weighted by molar-refractivity contribution is 7.16. The van der Waals surface area contributed by atoms with Gasteiger partial charge in [-0.2, -0.15) is 5.26 Å². The molecule has 10 heteroatoms. The monoisotopic (exact) mass is 394 g/mol. The number of thiazole rings is 1. The minimum absolute atomic E-state index is 0.0638. The highest BCUT2D eigenvalue weighted by Crippen LogP contribution is 2.38. The van der Waals surface area contributed by atoms with Crippen molar-refractivity contribution < 1.29 is 4.79 Å². The normalized spacial score (nSPS) is 10.7. The number of hydrogen-bond acceptors (Lipinski definition) is 6. The highest BCUT2D eigenvalue weighted by Gasteiger charge is 2.20. The first kappa shape index (κ1) is 17.5. The van der Waals surface area contributed by atoms with Crippen LogP contribution in [0.4, 0.5) is 10.9 Å². The van der Waals surface area contributed by atoms with Crippen molar-refractivity contribution in [3.63, 3.8) is 0 Å². The number of halogens is 2. The Morgan fingerprint density at radius 2 is 2.20 bits per heavy atom. The molecule has 128 valence electrons. The van der Waals surface area contributed by atoms with E-state index in [2.05, 4.69) is 15.3 Å². The quantitative estimate of drug-likeness (QED) is 0.731. The van der Waals surface area contributed by atoms with Crippen molar-refractivity contribution >= 4 is 62.3 Å². The summed E-state index contributed by atoms with van der Waals surface area (Å²) in [4.78, 5) is 22.4. The van der Waals surface area contributed by atoms with Gasteiger partial charge in [0.2, 0.25) is 5.91 Å². The Morgan fingerprint density at radius 1 is 1.44 bits per heavy atom. The second-order valence-electron chi connectivity index (χ2n) is 5.30. The maximum Gasteiger partial charge on any atom is 0.242 e. The van der Waals surface area contributed by atoms with Crippen LogP contribution in [0, 0.1) is 11.3 Å². The van der Waals surface area contributed by atoms with Gasteiger partial charge < -0.3 is 14.8 Å². The second-order valence-corrected chi connectivity index (χ2v) is 7.07. The summed E-state index contributed by atoms with van der Waals surface area (Å²) in [7, 11) is 3.35. The van der Waals surface area contributed by atoms with Crippen LogP contribution in [-0.2, 0) is 11.3 Å². The van der Waals surface area contributed by atoms with E-state index in [1.807, 2.05) is 6.07 Å². The molecule has 7 nitrogen and oxygen atoms in total. The van der Waals surface area contributed by atoms with E-state index >= 15 is 0 Å². The van der Waals surface area contributed by atoms with Crippen LogP contribution in [0.3, 0.4) is 0 Å². The summed E-state index contributed by atoms with van der Waals surface area (Å²) >= 11 is 13.9. The molecule has 0 aliphatic heterocycles. The van der Waals surface area contributed by atoms with Crippen LogP contribution in [0.5, 0.6) is 0 Å². The van der Waals surface area contributed by atoms with Gasteiger partial charge in [-0.25, -0.2) is 9.97 Å². The molecule has 25 heavy (non-hydrogen) atoms. The number of anilines is 2. The van der Waals surface area contributed by atoms with Gasteiger partial charge in [0, 0.05) is 20.3 Å². The number of likely N-dealkylation sites (N-methyl/N-ethyl adjacent to an activating group) is 1. The third-order valence-corrected chi connectivity index (χ3v) is 5.17. The maximum atomic E-state index is 12.1. The van der Waals surface area contributed by atoms with Crippen molar-refractivity contribution in [1.29, 1.82) is 5.26 Å². The van der Waals surface area contributed by atoms with E-state index in [1.165, 1.54) is 22.4 Å². The molecule has 0 atom stereocenters. The Balaban J connectivity index is 2.07. The molecule has 0 saturated heterocycles. The molecule has 0 aliphatic rings. The van der Waals surface area contributed by atoms with Crippen molar-refractivity contribution in [3.8, 4) is 6.07 Å². The number of carbonyl (C=O) groups excluding carboxylic acids is 1. The van der Waals surface area contributed by atoms with E-state index in [1.54, 1.807) is 30.9 Å². The lowest BCUT2D eigenvalue weighted by Crippen LogP contribution is -2.26. The van der Waals surface area contributed by atoms with Crippen LogP contribution >= 0.6 is 34.5 Å². The number of rotatable bonds is 4. The molecule has 0 bridgehead atoms. The summed E-state index contributed by atoms with van der Waals surface area (Å²) in [6, 6.07) is 3.77. The number of amides is 1. The predicted octanol–water partition coefficient (Wildman–Crippen LogP) is 3.50. The topological polar surface area (TPSA) is 86.8 Å². The number of aromatic nitrogens is 3. The molecule has 1 N–H and O–H groups in total. The Morgan fingerprint density at radius 3 is 2.84 bits per heavy atom. The molecule has 3 aromatic rings. The molecule has 1 amide bonds.